The van der Waals surface area contributed by atoms with E-state index in [2.05, 4.69) is 98.0 Å². The normalized spacial score (nSPS) is 11.9. The summed E-state index contributed by atoms with van der Waals surface area (Å²) in [6, 6.07) is 28.7. The van der Waals surface area contributed by atoms with Crippen LogP contribution in [0.3, 0.4) is 0 Å². The summed E-state index contributed by atoms with van der Waals surface area (Å²) in [5.74, 6) is 1.72. The lowest BCUT2D eigenvalue weighted by molar-refractivity contribution is 0.482. The Labute approximate surface area is 245 Å². The molecule has 206 valence electrons. The molecule has 4 aromatic carbocycles. The van der Waals surface area contributed by atoms with Gasteiger partial charge in [0.25, 0.3) is 0 Å². The summed E-state index contributed by atoms with van der Waals surface area (Å²) in [4.78, 5) is 14.7. The summed E-state index contributed by atoms with van der Waals surface area (Å²) in [6.45, 7) is 8.97. The van der Waals surface area contributed by atoms with E-state index in [0.29, 0.717) is 11.8 Å². The van der Waals surface area contributed by atoms with Crippen LogP contribution in [-0.4, -0.2) is 24.6 Å². The maximum atomic E-state index is 10.9. The fourth-order valence-electron chi connectivity index (χ4n) is 6.07. The van der Waals surface area contributed by atoms with Crippen LogP contribution in [-0.2, 0) is 0 Å². The van der Waals surface area contributed by atoms with Crippen LogP contribution in [0.1, 0.15) is 50.7 Å². The summed E-state index contributed by atoms with van der Waals surface area (Å²) < 4.78 is 2.27. The highest BCUT2D eigenvalue weighted by atomic mass is 16.3. The topological polar surface area (TPSA) is 63.8 Å². The molecule has 0 aliphatic heterocycles. The Bertz CT molecular complexity index is 2090. The van der Waals surface area contributed by atoms with Gasteiger partial charge in [0.1, 0.15) is 11.6 Å². The Morgan fingerprint density at radius 1 is 0.738 bits per heavy atom. The Kier molecular flexibility index (Phi) is 6.23. The molecule has 3 heterocycles. The highest BCUT2D eigenvalue weighted by Gasteiger charge is 2.22. The Morgan fingerprint density at radius 3 is 2.24 bits per heavy atom. The maximum Gasteiger partial charge on any atom is 0.145 e. The van der Waals surface area contributed by atoms with Crippen LogP contribution in [0.4, 0.5) is 0 Å². The van der Waals surface area contributed by atoms with Crippen molar-refractivity contribution in [1.82, 2.24) is 19.5 Å². The SMILES string of the molecule is CC(C)c1cccc(C(C)C)c1-n1cc(-c2cccc3cccnc23)nc1-c1ccc2ncc3cccc(O)c3c2c1. The number of aromatic hydroxyl groups is 1. The highest BCUT2D eigenvalue weighted by Crippen LogP contribution is 2.39. The van der Waals surface area contributed by atoms with E-state index in [-0.39, 0.29) is 5.75 Å². The number of fused-ring (bicyclic) bond motifs is 4. The number of phenols is 1. The van der Waals surface area contributed by atoms with Crippen molar-refractivity contribution < 1.29 is 5.11 Å². The number of aromatic nitrogens is 4. The minimum Gasteiger partial charge on any atom is -0.507 e. The van der Waals surface area contributed by atoms with Gasteiger partial charge in [0.05, 0.1) is 22.4 Å². The van der Waals surface area contributed by atoms with E-state index in [0.717, 1.165) is 55.2 Å². The fourth-order valence-corrected chi connectivity index (χ4v) is 6.07. The summed E-state index contributed by atoms with van der Waals surface area (Å²) >= 11 is 0. The molecule has 0 saturated carbocycles. The molecule has 7 aromatic rings. The Hall–Kier alpha value is -5.03. The molecule has 0 bridgehead atoms. The van der Waals surface area contributed by atoms with E-state index in [1.165, 1.54) is 16.8 Å². The van der Waals surface area contributed by atoms with Crippen LogP contribution in [0.25, 0.3) is 60.9 Å². The monoisotopic (exact) mass is 548 g/mol. The molecule has 0 spiro atoms. The van der Waals surface area contributed by atoms with Crippen LogP contribution in [0, 0.1) is 0 Å². The van der Waals surface area contributed by atoms with Gasteiger partial charge in [-0.1, -0.05) is 82.3 Å². The lowest BCUT2D eigenvalue weighted by atomic mass is 9.92. The van der Waals surface area contributed by atoms with Gasteiger partial charge in [-0.3, -0.25) is 14.5 Å². The van der Waals surface area contributed by atoms with E-state index >= 15 is 0 Å². The van der Waals surface area contributed by atoms with Crippen molar-refractivity contribution in [3.05, 3.63) is 115 Å². The molecule has 0 unspecified atom stereocenters. The second-order valence-electron chi connectivity index (χ2n) is 11.5. The van der Waals surface area contributed by atoms with Gasteiger partial charge in [0.2, 0.25) is 0 Å². The van der Waals surface area contributed by atoms with Gasteiger partial charge >= 0.3 is 0 Å². The number of phenolic OH excluding ortho intramolecular Hbond substituents is 1. The third-order valence-corrected chi connectivity index (χ3v) is 8.14. The highest BCUT2D eigenvalue weighted by molar-refractivity contribution is 6.09. The van der Waals surface area contributed by atoms with Gasteiger partial charge in [-0.05, 0) is 53.3 Å². The molecule has 0 radical (unpaired) electrons. The van der Waals surface area contributed by atoms with Crippen LogP contribution >= 0.6 is 0 Å². The molecule has 0 fully saturated rings. The predicted octanol–water partition coefficient (Wildman–Crippen LogP) is 9.41. The zero-order chi connectivity index (χ0) is 29.0. The van der Waals surface area contributed by atoms with Crippen molar-refractivity contribution in [2.24, 2.45) is 0 Å². The molecular formula is C37H32N4O. The standard InChI is InChI=1S/C37H32N4O/c1-22(2)27-12-7-13-28(23(3)4)36(27)41-21-32(29-14-5-9-24-11-8-18-38-35(24)29)40-37(41)25-16-17-31-30(19-25)34-26(20-39-31)10-6-15-33(34)42/h5-23,42H,1-4H3. The molecule has 5 heteroatoms. The summed E-state index contributed by atoms with van der Waals surface area (Å²) in [7, 11) is 0. The minimum absolute atomic E-state index is 0.246. The number of hydrogen-bond acceptors (Lipinski definition) is 4. The van der Waals surface area contributed by atoms with Crippen LogP contribution in [0.2, 0.25) is 0 Å². The van der Waals surface area contributed by atoms with E-state index in [4.69, 9.17) is 9.97 Å². The van der Waals surface area contributed by atoms with Gasteiger partial charge in [-0.2, -0.15) is 0 Å². The largest absolute Gasteiger partial charge is 0.507 e. The predicted molar refractivity (Wildman–Crippen MR) is 172 cm³/mol. The zero-order valence-corrected chi connectivity index (χ0v) is 24.2. The van der Waals surface area contributed by atoms with Gasteiger partial charge in [-0.15, -0.1) is 0 Å². The smallest absolute Gasteiger partial charge is 0.145 e. The number of imidazole rings is 1. The zero-order valence-electron chi connectivity index (χ0n) is 24.2. The molecular weight excluding hydrogens is 516 g/mol. The van der Waals surface area contributed by atoms with Gasteiger partial charge in [-0.25, -0.2) is 4.98 Å². The Balaban J connectivity index is 1.57. The summed E-state index contributed by atoms with van der Waals surface area (Å²) in [5, 5.41) is 14.5. The second-order valence-corrected chi connectivity index (χ2v) is 11.5. The average Bonchev–Trinajstić information content (AvgIpc) is 3.45. The minimum atomic E-state index is 0.246. The quantitative estimate of drug-likeness (QED) is 0.218. The van der Waals surface area contributed by atoms with E-state index in [1.807, 2.05) is 36.7 Å². The molecule has 3 aromatic heterocycles. The van der Waals surface area contributed by atoms with Crippen molar-refractivity contribution in [3.63, 3.8) is 0 Å². The second kappa shape index (κ2) is 10.1. The van der Waals surface area contributed by atoms with Crippen LogP contribution in [0.5, 0.6) is 5.75 Å². The number of benzene rings is 4. The molecule has 0 aliphatic carbocycles. The van der Waals surface area contributed by atoms with Crippen molar-refractivity contribution in [3.8, 4) is 34.1 Å². The van der Waals surface area contributed by atoms with E-state index < -0.39 is 0 Å². The van der Waals surface area contributed by atoms with Gasteiger partial charge in [0.15, 0.2) is 0 Å². The number of rotatable bonds is 5. The molecule has 7 rings (SSSR count). The van der Waals surface area contributed by atoms with Crippen molar-refractivity contribution in [2.75, 3.05) is 0 Å². The molecule has 1 N–H and O–H groups in total. The lowest BCUT2D eigenvalue weighted by Crippen LogP contribution is -2.07. The van der Waals surface area contributed by atoms with Crippen molar-refractivity contribution in [2.45, 2.75) is 39.5 Å². The fraction of sp³-hybridized carbons (Fsp3) is 0.162. The molecule has 5 nitrogen and oxygen atoms in total. The van der Waals surface area contributed by atoms with Crippen molar-refractivity contribution >= 4 is 32.6 Å². The van der Waals surface area contributed by atoms with Crippen LogP contribution < -0.4 is 0 Å². The average molecular weight is 549 g/mol. The molecule has 42 heavy (non-hydrogen) atoms. The first-order valence-electron chi connectivity index (χ1n) is 14.5. The van der Waals surface area contributed by atoms with Gasteiger partial charge in [0, 0.05) is 51.3 Å². The molecule has 0 atom stereocenters. The first-order chi connectivity index (χ1) is 20.4. The maximum absolute atomic E-state index is 10.9. The summed E-state index contributed by atoms with van der Waals surface area (Å²) in [6.07, 6.45) is 5.81. The number of hydrogen-bond donors (Lipinski definition) is 1. The third-order valence-electron chi connectivity index (χ3n) is 8.14. The first-order valence-corrected chi connectivity index (χ1v) is 14.5. The Morgan fingerprint density at radius 2 is 1.45 bits per heavy atom. The number of pyridine rings is 2. The molecule has 0 saturated heterocycles. The van der Waals surface area contributed by atoms with Gasteiger partial charge < -0.3 is 5.11 Å². The van der Waals surface area contributed by atoms with Crippen molar-refractivity contribution in [1.29, 1.82) is 0 Å². The lowest BCUT2D eigenvalue weighted by Gasteiger charge is -2.22. The first kappa shape index (κ1) is 25.9. The molecule has 0 aliphatic rings. The van der Waals surface area contributed by atoms with Crippen LogP contribution in [0.15, 0.2) is 104 Å². The number of nitrogens with zero attached hydrogens (tertiary/aromatic N) is 4. The van der Waals surface area contributed by atoms with E-state index in [9.17, 15) is 5.11 Å². The third kappa shape index (κ3) is 4.20. The summed E-state index contributed by atoms with van der Waals surface area (Å²) in [5.41, 5.74) is 8.27. The number of para-hydroxylation sites is 2. The van der Waals surface area contributed by atoms with E-state index in [1.54, 1.807) is 6.07 Å². The molecule has 0 amide bonds.